The minimum Gasteiger partial charge on any atom is -0.354 e. The molecule has 0 amide bonds. The maximum atomic E-state index is 14.7. The SMILES string of the molecule is Cc1c(-c2ccc3nc(C(F)(F)F)ccc3c2)[nH]c2c(C)cc(C(F)(C(F)(F)F)C(F)(F)F)cc12. The predicted molar refractivity (Wildman–Crippen MR) is 108 cm³/mol. The third-order valence-electron chi connectivity index (χ3n) is 5.81. The first kappa shape index (κ1) is 24.8. The van der Waals surface area contributed by atoms with Crippen LogP contribution in [0.25, 0.3) is 33.1 Å². The van der Waals surface area contributed by atoms with Gasteiger partial charge in [-0.3, -0.25) is 0 Å². The van der Waals surface area contributed by atoms with Gasteiger partial charge in [-0.1, -0.05) is 18.2 Å². The van der Waals surface area contributed by atoms with E-state index >= 15 is 0 Å². The van der Waals surface area contributed by atoms with Crippen molar-refractivity contribution in [2.24, 2.45) is 0 Å². The fraction of sp³-hybridized carbons (Fsp3) is 0.261. The lowest BCUT2D eigenvalue weighted by Gasteiger charge is -2.30. The van der Waals surface area contributed by atoms with Crippen molar-refractivity contribution in [3.8, 4) is 11.3 Å². The third-order valence-corrected chi connectivity index (χ3v) is 5.81. The summed E-state index contributed by atoms with van der Waals surface area (Å²) in [5.41, 5.74) is -7.17. The summed E-state index contributed by atoms with van der Waals surface area (Å²) >= 11 is 0. The lowest BCUT2D eigenvalue weighted by Crippen LogP contribution is -2.50. The molecule has 0 fully saturated rings. The molecule has 0 unspecified atom stereocenters. The maximum absolute atomic E-state index is 14.7. The van der Waals surface area contributed by atoms with Crippen molar-refractivity contribution in [3.05, 3.63) is 64.8 Å². The zero-order valence-electron chi connectivity index (χ0n) is 17.8. The molecule has 186 valence electrons. The molecular formula is C23H14F10N2. The topological polar surface area (TPSA) is 28.7 Å². The predicted octanol–water partition coefficient (Wildman–Crippen LogP) is 8.31. The van der Waals surface area contributed by atoms with Gasteiger partial charge < -0.3 is 4.98 Å². The average Bonchev–Trinajstić information content (AvgIpc) is 3.07. The van der Waals surface area contributed by atoms with Gasteiger partial charge in [-0.2, -0.15) is 39.5 Å². The highest BCUT2D eigenvalue weighted by Crippen LogP contribution is 2.54. The Morgan fingerprint density at radius 3 is 1.94 bits per heavy atom. The van der Waals surface area contributed by atoms with Gasteiger partial charge in [0.2, 0.25) is 0 Å². The summed E-state index contributed by atoms with van der Waals surface area (Å²) in [7, 11) is 0. The van der Waals surface area contributed by atoms with E-state index < -0.39 is 35.5 Å². The molecule has 0 aliphatic carbocycles. The Morgan fingerprint density at radius 2 is 1.37 bits per heavy atom. The van der Waals surface area contributed by atoms with Crippen LogP contribution < -0.4 is 0 Å². The second kappa shape index (κ2) is 7.59. The van der Waals surface area contributed by atoms with Gasteiger partial charge in [0.25, 0.3) is 0 Å². The summed E-state index contributed by atoms with van der Waals surface area (Å²) in [5, 5.41) is 0.263. The number of nitrogens with one attached hydrogen (secondary N) is 1. The monoisotopic (exact) mass is 508 g/mol. The summed E-state index contributed by atoms with van der Waals surface area (Å²) in [6, 6.07) is 7.18. The number of aryl methyl sites for hydroxylation is 2. The Balaban J connectivity index is 1.89. The zero-order chi connectivity index (χ0) is 26.1. The Labute approximate surface area is 190 Å². The van der Waals surface area contributed by atoms with Crippen LogP contribution in [0.5, 0.6) is 0 Å². The van der Waals surface area contributed by atoms with E-state index in [1.807, 2.05) is 0 Å². The van der Waals surface area contributed by atoms with Gasteiger partial charge >= 0.3 is 24.2 Å². The van der Waals surface area contributed by atoms with Gasteiger partial charge in [0, 0.05) is 27.5 Å². The van der Waals surface area contributed by atoms with Crippen molar-refractivity contribution < 1.29 is 43.9 Å². The molecule has 0 aliphatic rings. The van der Waals surface area contributed by atoms with Crippen LogP contribution in [-0.2, 0) is 11.8 Å². The molecule has 12 heteroatoms. The number of benzene rings is 2. The molecule has 1 N–H and O–H groups in total. The van der Waals surface area contributed by atoms with E-state index in [-0.39, 0.29) is 27.5 Å². The summed E-state index contributed by atoms with van der Waals surface area (Å²) in [5.74, 6) is 0. The summed E-state index contributed by atoms with van der Waals surface area (Å²) in [6.07, 6.45) is -17.1. The van der Waals surface area contributed by atoms with Crippen LogP contribution in [0.1, 0.15) is 22.4 Å². The molecule has 2 aromatic heterocycles. The van der Waals surface area contributed by atoms with E-state index in [0.29, 0.717) is 28.8 Å². The Hall–Kier alpha value is -3.31. The zero-order valence-corrected chi connectivity index (χ0v) is 17.8. The Morgan fingerprint density at radius 1 is 0.743 bits per heavy atom. The molecule has 0 radical (unpaired) electrons. The van der Waals surface area contributed by atoms with Gasteiger partial charge in [-0.05, 0) is 54.8 Å². The summed E-state index contributed by atoms with van der Waals surface area (Å²) < 4.78 is 133. The first-order valence-electron chi connectivity index (χ1n) is 9.89. The highest BCUT2D eigenvalue weighted by Gasteiger charge is 2.73. The Kier molecular flexibility index (Phi) is 5.38. The van der Waals surface area contributed by atoms with Crippen LogP contribution in [0.4, 0.5) is 43.9 Å². The number of nitrogens with zero attached hydrogens (tertiary/aromatic N) is 1. The van der Waals surface area contributed by atoms with Gasteiger partial charge in [0.1, 0.15) is 5.69 Å². The molecule has 2 nitrogen and oxygen atoms in total. The van der Waals surface area contributed by atoms with Crippen molar-refractivity contribution in [3.63, 3.8) is 0 Å². The van der Waals surface area contributed by atoms with Crippen molar-refractivity contribution >= 4 is 21.8 Å². The average molecular weight is 508 g/mol. The highest BCUT2D eigenvalue weighted by atomic mass is 19.4. The van der Waals surface area contributed by atoms with E-state index in [1.165, 1.54) is 38.1 Å². The Bertz CT molecular complexity index is 1430. The second-order valence-corrected chi connectivity index (χ2v) is 8.10. The molecule has 0 bridgehead atoms. The number of halogens is 10. The minimum absolute atomic E-state index is 0.0355. The van der Waals surface area contributed by atoms with Gasteiger partial charge in [0.15, 0.2) is 0 Å². The number of alkyl halides is 10. The molecule has 35 heavy (non-hydrogen) atoms. The number of pyridine rings is 1. The molecular weight excluding hydrogens is 494 g/mol. The van der Waals surface area contributed by atoms with E-state index in [4.69, 9.17) is 0 Å². The smallest absolute Gasteiger partial charge is 0.354 e. The van der Waals surface area contributed by atoms with Gasteiger partial charge in [0.05, 0.1) is 5.52 Å². The van der Waals surface area contributed by atoms with Crippen molar-refractivity contribution in [2.75, 3.05) is 0 Å². The molecule has 0 aliphatic heterocycles. The third kappa shape index (κ3) is 3.88. The number of aromatic nitrogens is 2. The van der Waals surface area contributed by atoms with Crippen LogP contribution in [-0.4, -0.2) is 22.3 Å². The standard InChI is InChI=1S/C23H14F10N2/c1-10-7-14(20(24,22(28,29)30)23(31,32)33)9-15-11(2)19(35-18(10)15)13-3-5-16-12(8-13)4-6-17(34-16)21(25,26)27/h3-9,35H,1-2H3. The molecule has 4 rings (SSSR count). The molecule has 2 aromatic carbocycles. The molecule has 0 spiro atoms. The quantitative estimate of drug-likeness (QED) is 0.271. The first-order valence-corrected chi connectivity index (χ1v) is 9.89. The van der Waals surface area contributed by atoms with Gasteiger partial charge in [-0.15, -0.1) is 0 Å². The molecule has 0 saturated carbocycles. The molecule has 0 atom stereocenters. The summed E-state index contributed by atoms with van der Waals surface area (Å²) in [6.45, 7) is 2.66. The number of H-pyrrole nitrogens is 1. The van der Waals surface area contributed by atoms with Crippen LogP contribution in [0.2, 0.25) is 0 Å². The van der Waals surface area contributed by atoms with Crippen molar-refractivity contribution in [1.82, 2.24) is 9.97 Å². The maximum Gasteiger partial charge on any atom is 0.435 e. The van der Waals surface area contributed by atoms with Crippen molar-refractivity contribution in [1.29, 1.82) is 0 Å². The number of hydrogen-bond donors (Lipinski definition) is 1. The lowest BCUT2D eigenvalue weighted by atomic mass is 9.91. The first-order chi connectivity index (χ1) is 15.9. The van der Waals surface area contributed by atoms with Crippen molar-refractivity contribution in [2.45, 2.75) is 38.0 Å². The van der Waals surface area contributed by atoms with Crippen LogP contribution in [0, 0.1) is 13.8 Å². The molecule has 4 aromatic rings. The van der Waals surface area contributed by atoms with Gasteiger partial charge in [-0.25, -0.2) is 9.37 Å². The highest BCUT2D eigenvalue weighted by molar-refractivity contribution is 5.94. The van der Waals surface area contributed by atoms with Crippen LogP contribution >= 0.6 is 0 Å². The number of rotatable bonds is 2. The lowest BCUT2D eigenvalue weighted by molar-refractivity contribution is -0.348. The van der Waals surface area contributed by atoms with E-state index in [0.717, 1.165) is 6.07 Å². The number of fused-ring (bicyclic) bond motifs is 2. The number of aromatic amines is 1. The second-order valence-electron chi connectivity index (χ2n) is 8.10. The largest absolute Gasteiger partial charge is 0.435 e. The fourth-order valence-electron chi connectivity index (χ4n) is 4.02. The molecule has 0 saturated heterocycles. The minimum atomic E-state index is -6.25. The molecule has 2 heterocycles. The van der Waals surface area contributed by atoms with Crippen LogP contribution in [0.3, 0.4) is 0 Å². The van der Waals surface area contributed by atoms with E-state index in [2.05, 4.69) is 9.97 Å². The summed E-state index contributed by atoms with van der Waals surface area (Å²) in [4.78, 5) is 6.47. The number of hydrogen-bond acceptors (Lipinski definition) is 1. The van der Waals surface area contributed by atoms with Crippen LogP contribution in [0.15, 0.2) is 42.5 Å². The van der Waals surface area contributed by atoms with E-state index in [9.17, 15) is 43.9 Å². The van der Waals surface area contributed by atoms with E-state index in [1.54, 1.807) is 0 Å². The normalized spacial score (nSPS) is 13.7. The fourth-order valence-corrected chi connectivity index (χ4v) is 4.02.